The quantitative estimate of drug-likeness (QED) is 0.658. The third-order valence-corrected chi connectivity index (χ3v) is 3.38. The molecule has 0 amide bonds. The summed E-state index contributed by atoms with van der Waals surface area (Å²) in [6, 6.07) is 8.80. The van der Waals surface area contributed by atoms with Crippen molar-refractivity contribution in [1.29, 1.82) is 5.26 Å². The zero-order chi connectivity index (χ0) is 10.2. The van der Waals surface area contributed by atoms with Crippen molar-refractivity contribution in [3.63, 3.8) is 0 Å². The summed E-state index contributed by atoms with van der Waals surface area (Å²) in [6.07, 6.45) is 3.27. The van der Waals surface area contributed by atoms with Crippen molar-refractivity contribution in [2.45, 2.75) is 38.5 Å². The second-order valence-electron chi connectivity index (χ2n) is 4.31. The number of hydrogen-bond acceptors (Lipinski definition) is 1. The summed E-state index contributed by atoms with van der Waals surface area (Å²) in [5.41, 5.74) is 3.67. The van der Waals surface area contributed by atoms with Crippen LogP contribution in [0.3, 0.4) is 0 Å². The van der Waals surface area contributed by atoms with Gasteiger partial charge in [0.15, 0.2) is 0 Å². The van der Waals surface area contributed by atoms with E-state index in [-0.39, 0.29) is 5.41 Å². The van der Waals surface area contributed by atoms with Gasteiger partial charge in [0.05, 0.1) is 11.5 Å². The maximum Gasteiger partial charge on any atom is 0.0827 e. The number of rotatable bonds is 1. The minimum Gasteiger partial charge on any atom is -0.197 e. The highest BCUT2D eigenvalue weighted by Gasteiger charge is 2.40. The molecular formula is C13H15N. The van der Waals surface area contributed by atoms with Gasteiger partial charge in [0.25, 0.3) is 0 Å². The topological polar surface area (TPSA) is 23.8 Å². The molecule has 0 unspecified atom stereocenters. The Bertz CT molecular complexity index is 374. The summed E-state index contributed by atoms with van der Waals surface area (Å²) < 4.78 is 0. The van der Waals surface area contributed by atoms with Gasteiger partial charge in [0.2, 0.25) is 0 Å². The molecular weight excluding hydrogens is 170 g/mol. The number of aryl methyl sites for hydroxylation is 2. The van der Waals surface area contributed by atoms with Crippen molar-refractivity contribution >= 4 is 0 Å². The van der Waals surface area contributed by atoms with Gasteiger partial charge < -0.3 is 0 Å². The van der Waals surface area contributed by atoms with E-state index in [1.54, 1.807) is 0 Å². The Kier molecular flexibility index (Phi) is 2.07. The van der Waals surface area contributed by atoms with Crippen molar-refractivity contribution in [2.24, 2.45) is 0 Å². The highest BCUT2D eigenvalue weighted by molar-refractivity contribution is 5.45. The molecule has 1 aromatic rings. The zero-order valence-corrected chi connectivity index (χ0v) is 8.80. The summed E-state index contributed by atoms with van der Waals surface area (Å²) in [5.74, 6) is 0. The predicted molar refractivity (Wildman–Crippen MR) is 57.1 cm³/mol. The lowest BCUT2D eigenvalue weighted by atomic mass is 9.63. The van der Waals surface area contributed by atoms with E-state index < -0.39 is 0 Å². The molecule has 0 heterocycles. The first kappa shape index (κ1) is 9.27. The Labute approximate surface area is 85.4 Å². The third kappa shape index (κ3) is 1.14. The van der Waals surface area contributed by atoms with Crippen LogP contribution in [0, 0.1) is 25.2 Å². The fraction of sp³-hybridized carbons (Fsp3) is 0.462. The molecule has 1 aliphatic rings. The summed E-state index contributed by atoms with van der Waals surface area (Å²) in [7, 11) is 0. The fourth-order valence-corrected chi connectivity index (χ4v) is 2.52. The molecule has 0 radical (unpaired) electrons. The Morgan fingerprint density at radius 3 is 2.14 bits per heavy atom. The number of benzene rings is 1. The molecule has 14 heavy (non-hydrogen) atoms. The van der Waals surface area contributed by atoms with Gasteiger partial charge in [0, 0.05) is 0 Å². The molecule has 1 fully saturated rings. The van der Waals surface area contributed by atoms with E-state index in [1.807, 2.05) is 0 Å². The van der Waals surface area contributed by atoms with Crippen LogP contribution < -0.4 is 0 Å². The van der Waals surface area contributed by atoms with Gasteiger partial charge >= 0.3 is 0 Å². The molecule has 0 aliphatic heterocycles. The predicted octanol–water partition coefficient (Wildman–Crippen LogP) is 3.25. The van der Waals surface area contributed by atoms with E-state index in [1.165, 1.54) is 23.1 Å². The standard InChI is InChI=1S/C13H15N/c1-10-5-3-6-11(2)12(10)13(9-14)7-4-8-13/h3,5-6H,4,7-8H2,1-2H3. The minimum atomic E-state index is -0.157. The first-order valence-corrected chi connectivity index (χ1v) is 5.17. The van der Waals surface area contributed by atoms with Crippen LogP contribution in [0.4, 0.5) is 0 Å². The molecule has 0 bridgehead atoms. The van der Waals surface area contributed by atoms with Gasteiger partial charge in [-0.15, -0.1) is 0 Å². The van der Waals surface area contributed by atoms with Crippen LogP contribution in [0.25, 0.3) is 0 Å². The van der Waals surface area contributed by atoms with Crippen molar-refractivity contribution < 1.29 is 0 Å². The minimum absolute atomic E-state index is 0.157. The number of nitriles is 1. The van der Waals surface area contributed by atoms with Crippen LogP contribution >= 0.6 is 0 Å². The second-order valence-corrected chi connectivity index (χ2v) is 4.31. The van der Waals surface area contributed by atoms with Crippen LogP contribution in [0.1, 0.15) is 36.0 Å². The summed E-state index contributed by atoms with van der Waals surface area (Å²) in [5, 5.41) is 9.29. The zero-order valence-electron chi connectivity index (χ0n) is 8.80. The average molecular weight is 185 g/mol. The third-order valence-electron chi connectivity index (χ3n) is 3.38. The van der Waals surface area contributed by atoms with Gasteiger partial charge in [-0.05, 0) is 49.8 Å². The molecule has 1 aromatic carbocycles. The number of hydrogen-bond donors (Lipinski definition) is 0. The smallest absolute Gasteiger partial charge is 0.0827 e. The van der Waals surface area contributed by atoms with Crippen LogP contribution in [0.15, 0.2) is 18.2 Å². The summed E-state index contributed by atoms with van der Waals surface area (Å²) in [6.45, 7) is 4.22. The molecule has 0 aromatic heterocycles. The molecule has 1 aliphatic carbocycles. The van der Waals surface area contributed by atoms with E-state index in [4.69, 9.17) is 0 Å². The van der Waals surface area contributed by atoms with Crippen molar-refractivity contribution in [2.75, 3.05) is 0 Å². The van der Waals surface area contributed by atoms with Crippen molar-refractivity contribution in [3.05, 3.63) is 34.9 Å². The Balaban J connectivity index is 2.56. The van der Waals surface area contributed by atoms with Gasteiger partial charge in [-0.25, -0.2) is 0 Å². The molecule has 0 saturated heterocycles. The monoisotopic (exact) mass is 185 g/mol. The highest BCUT2D eigenvalue weighted by Crippen LogP contribution is 2.45. The van der Waals surface area contributed by atoms with Crippen LogP contribution in [-0.4, -0.2) is 0 Å². The van der Waals surface area contributed by atoms with Gasteiger partial charge in [-0.1, -0.05) is 18.2 Å². The molecule has 1 nitrogen and oxygen atoms in total. The average Bonchev–Trinajstić information content (AvgIpc) is 2.08. The maximum absolute atomic E-state index is 9.29. The van der Waals surface area contributed by atoms with Gasteiger partial charge in [-0.2, -0.15) is 5.26 Å². The lowest BCUT2D eigenvalue weighted by Gasteiger charge is -2.37. The maximum atomic E-state index is 9.29. The molecule has 72 valence electrons. The molecule has 2 rings (SSSR count). The van der Waals surface area contributed by atoms with E-state index in [0.717, 1.165) is 12.8 Å². The summed E-state index contributed by atoms with van der Waals surface area (Å²) >= 11 is 0. The van der Waals surface area contributed by atoms with Crippen LogP contribution in [0.2, 0.25) is 0 Å². The highest BCUT2D eigenvalue weighted by atomic mass is 14.5. The lowest BCUT2D eigenvalue weighted by molar-refractivity contribution is 0.321. The fourth-order valence-electron chi connectivity index (χ4n) is 2.52. The van der Waals surface area contributed by atoms with Crippen LogP contribution in [-0.2, 0) is 5.41 Å². The van der Waals surface area contributed by atoms with Crippen molar-refractivity contribution in [3.8, 4) is 6.07 Å². The molecule has 0 spiro atoms. The Morgan fingerprint density at radius 1 is 1.21 bits per heavy atom. The van der Waals surface area contributed by atoms with Gasteiger partial charge in [0.1, 0.15) is 0 Å². The first-order chi connectivity index (χ1) is 6.69. The van der Waals surface area contributed by atoms with E-state index in [9.17, 15) is 5.26 Å². The number of nitrogens with zero attached hydrogens (tertiary/aromatic N) is 1. The van der Waals surface area contributed by atoms with E-state index >= 15 is 0 Å². The molecule has 1 heteroatoms. The van der Waals surface area contributed by atoms with Crippen molar-refractivity contribution in [1.82, 2.24) is 0 Å². The molecule has 0 atom stereocenters. The van der Waals surface area contributed by atoms with Gasteiger partial charge in [-0.3, -0.25) is 0 Å². The SMILES string of the molecule is Cc1cccc(C)c1C1(C#N)CCC1. The Hall–Kier alpha value is -1.29. The van der Waals surface area contributed by atoms with E-state index in [2.05, 4.69) is 38.1 Å². The normalized spacial score (nSPS) is 18.4. The molecule has 0 N–H and O–H groups in total. The Morgan fingerprint density at radius 2 is 1.79 bits per heavy atom. The summed E-state index contributed by atoms with van der Waals surface area (Å²) in [4.78, 5) is 0. The molecule has 1 saturated carbocycles. The largest absolute Gasteiger partial charge is 0.197 e. The lowest BCUT2D eigenvalue weighted by Crippen LogP contribution is -2.33. The van der Waals surface area contributed by atoms with E-state index in [0.29, 0.717) is 0 Å². The van der Waals surface area contributed by atoms with Crippen LogP contribution in [0.5, 0.6) is 0 Å². The second kappa shape index (κ2) is 3.13. The first-order valence-electron chi connectivity index (χ1n) is 5.17.